The topological polar surface area (TPSA) is 70.6 Å². The van der Waals surface area contributed by atoms with E-state index in [4.69, 9.17) is 0 Å². The summed E-state index contributed by atoms with van der Waals surface area (Å²) in [6.07, 6.45) is 1.15. The first-order valence-corrected chi connectivity index (χ1v) is 12.3. The summed E-state index contributed by atoms with van der Waals surface area (Å²) in [4.78, 5) is 21.7. The molecule has 0 unspecified atom stereocenters. The Morgan fingerprint density at radius 2 is 1.83 bits per heavy atom. The van der Waals surface area contributed by atoms with Gasteiger partial charge in [0, 0.05) is 24.9 Å². The van der Waals surface area contributed by atoms with E-state index in [0.717, 1.165) is 19.3 Å². The van der Waals surface area contributed by atoms with Crippen LogP contribution in [0.25, 0.3) is 10.2 Å². The number of halogens is 1. The van der Waals surface area contributed by atoms with E-state index in [1.165, 1.54) is 40.5 Å². The summed E-state index contributed by atoms with van der Waals surface area (Å²) in [7, 11) is -3.35. The molecule has 3 aromatic rings. The Hall–Kier alpha value is -2.36. The smallest absolute Gasteiger partial charge is 0.260 e. The number of likely N-dealkylation sites (N-methyl/N-ethyl adjacent to an activating group) is 1. The molecule has 0 atom stereocenters. The van der Waals surface area contributed by atoms with Crippen molar-refractivity contribution in [2.24, 2.45) is 0 Å². The highest BCUT2D eigenvalue weighted by Gasteiger charge is 2.23. The summed E-state index contributed by atoms with van der Waals surface area (Å²) in [6, 6.07) is 10.3. The summed E-state index contributed by atoms with van der Waals surface area (Å²) < 4.78 is 38.1. The molecular weight excluding hydrogens is 425 g/mol. The van der Waals surface area contributed by atoms with E-state index in [-0.39, 0.29) is 16.4 Å². The first-order chi connectivity index (χ1) is 14.2. The number of sulfone groups is 1. The molecule has 1 amide bonds. The van der Waals surface area contributed by atoms with Gasteiger partial charge in [-0.25, -0.2) is 17.8 Å². The molecule has 1 aromatic heterocycles. The third kappa shape index (κ3) is 5.03. The van der Waals surface area contributed by atoms with Crippen LogP contribution in [0.3, 0.4) is 0 Å². The Morgan fingerprint density at radius 1 is 1.10 bits per heavy atom. The minimum atomic E-state index is -3.35. The second-order valence-corrected chi connectivity index (χ2v) is 9.92. The van der Waals surface area contributed by atoms with E-state index >= 15 is 0 Å². The van der Waals surface area contributed by atoms with Crippen molar-refractivity contribution in [2.45, 2.75) is 18.7 Å². The van der Waals surface area contributed by atoms with Crippen molar-refractivity contribution in [3.8, 4) is 0 Å². The maximum absolute atomic E-state index is 13.7. The van der Waals surface area contributed by atoms with Crippen molar-refractivity contribution >= 4 is 42.4 Å². The van der Waals surface area contributed by atoms with Gasteiger partial charge in [-0.2, -0.15) is 0 Å². The van der Waals surface area contributed by atoms with Crippen molar-refractivity contribution in [2.75, 3.05) is 37.3 Å². The number of aromatic nitrogens is 1. The third-order valence-electron chi connectivity index (χ3n) is 4.86. The highest BCUT2D eigenvalue weighted by molar-refractivity contribution is 7.90. The molecule has 0 radical (unpaired) electrons. The number of hydrogen-bond acceptors (Lipinski definition) is 6. The van der Waals surface area contributed by atoms with E-state index in [1.807, 2.05) is 13.8 Å². The maximum atomic E-state index is 13.7. The lowest BCUT2D eigenvalue weighted by Gasteiger charge is -2.24. The molecule has 0 N–H and O–H groups in total. The summed E-state index contributed by atoms with van der Waals surface area (Å²) in [5, 5.41) is 0.456. The van der Waals surface area contributed by atoms with Crippen LogP contribution in [-0.2, 0) is 9.84 Å². The van der Waals surface area contributed by atoms with E-state index in [9.17, 15) is 17.6 Å². The average molecular weight is 450 g/mol. The van der Waals surface area contributed by atoms with Gasteiger partial charge in [-0.1, -0.05) is 31.3 Å². The van der Waals surface area contributed by atoms with Gasteiger partial charge in [-0.3, -0.25) is 9.69 Å². The molecule has 6 nitrogen and oxygen atoms in total. The number of anilines is 1. The number of thiazole rings is 1. The van der Waals surface area contributed by atoms with Crippen molar-refractivity contribution in [3.63, 3.8) is 0 Å². The monoisotopic (exact) mass is 449 g/mol. The standard InChI is InChI=1S/C21H24FN3O3S2/c1-4-24(5-2)11-12-25(20(26)15-7-6-8-16(22)13-15)21-23-18-10-9-17(30(3,27)28)14-19(18)29-21/h6-10,13-14H,4-5,11-12H2,1-3H3. The Labute approximate surface area is 179 Å². The van der Waals surface area contributed by atoms with Crippen molar-refractivity contribution < 1.29 is 17.6 Å². The molecular formula is C21H24FN3O3S2. The summed E-state index contributed by atoms with van der Waals surface area (Å²) in [5.74, 6) is -0.823. The number of carbonyl (C=O) groups is 1. The number of amides is 1. The summed E-state index contributed by atoms with van der Waals surface area (Å²) in [5.41, 5.74) is 0.855. The Bertz CT molecular complexity index is 1160. The van der Waals surface area contributed by atoms with Gasteiger partial charge in [0.2, 0.25) is 0 Å². The fourth-order valence-corrected chi connectivity index (χ4v) is 4.83. The quantitative estimate of drug-likeness (QED) is 0.523. The zero-order valence-corrected chi connectivity index (χ0v) is 18.8. The Kier molecular flexibility index (Phi) is 6.84. The minimum absolute atomic E-state index is 0.205. The molecule has 0 saturated carbocycles. The third-order valence-corrected chi connectivity index (χ3v) is 7.01. The van der Waals surface area contributed by atoms with Crippen molar-refractivity contribution in [1.29, 1.82) is 0 Å². The second-order valence-electron chi connectivity index (χ2n) is 6.89. The van der Waals surface area contributed by atoms with Crippen LogP contribution in [0.2, 0.25) is 0 Å². The van der Waals surface area contributed by atoms with E-state index in [1.54, 1.807) is 18.2 Å². The lowest BCUT2D eigenvalue weighted by atomic mass is 10.2. The molecule has 0 fully saturated rings. The second kappa shape index (κ2) is 9.20. The fraction of sp³-hybridized carbons (Fsp3) is 0.333. The molecule has 0 aliphatic heterocycles. The van der Waals surface area contributed by atoms with Crippen LogP contribution in [0.4, 0.5) is 9.52 Å². The van der Waals surface area contributed by atoms with Crippen LogP contribution < -0.4 is 4.90 Å². The predicted octanol–water partition coefficient (Wildman–Crippen LogP) is 3.83. The lowest BCUT2D eigenvalue weighted by Crippen LogP contribution is -2.38. The van der Waals surface area contributed by atoms with Gasteiger partial charge in [0.1, 0.15) is 5.82 Å². The van der Waals surface area contributed by atoms with Crippen LogP contribution in [0.1, 0.15) is 24.2 Å². The SMILES string of the molecule is CCN(CC)CCN(C(=O)c1cccc(F)c1)c1nc2ccc(S(C)(=O)=O)cc2s1. The Balaban J connectivity index is 2.01. The number of hydrogen-bond donors (Lipinski definition) is 0. The molecule has 0 bridgehead atoms. The highest BCUT2D eigenvalue weighted by atomic mass is 32.2. The Morgan fingerprint density at radius 3 is 2.47 bits per heavy atom. The van der Waals surface area contributed by atoms with Gasteiger partial charge in [0.25, 0.3) is 5.91 Å². The van der Waals surface area contributed by atoms with Gasteiger partial charge in [0.15, 0.2) is 15.0 Å². The first kappa shape index (κ1) is 22.3. The van der Waals surface area contributed by atoms with Crippen molar-refractivity contribution in [3.05, 3.63) is 53.8 Å². The molecule has 0 spiro atoms. The van der Waals surface area contributed by atoms with Crippen LogP contribution in [0.5, 0.6) is 0 Å². The number of carbonyl (C=O) groups excluding carboxylic acids is 1. The largest absolute Gasteiger partial charge is 0.302 e. The molecule has 0 aliphatic rings. The molecule has 0 saturated heterocycles. The number of fused-ring (bicyclic) bond motifs is 1. The molecule has 9 heteroatoms. The molecule has 30 heavy (non-hydrogen) atoms. The zero-order chi connectivity index (χ0) is 21.9. The fourth-order valence-electron chi connectivity index (χ4n) is 3.08. The lowest BCUT2D eigenvalue weighted by molar-refractivity contribution is 0.0983. The van der Waals surface area contributed by atoms with Gasteiger partial charge >= 0.3 is 0 Å². The van der Waals surface area contributed by atoms with Crippen LogP contribution in [0.15, 0.2) is 47.4 Å². The summed E-state index contributed by atoms with van der Waals surface area (Å²) >= 11 is 1.25. The van der Waals surface area contributed by atoms with Gasteiger partial charge in [-0.15, -0.1) is 0 Å². The van der Waals surface area contributed by atoms with E-state index in [2.05, 4.69) is 9.88 Å². The number of benzene rings is 2. The highest BCUT2D eigenvalue weighted by Crippen LogP contribution is 2.31. The normalized spacial score (nSPS) is 11.9. The van der Waals surface area contributed by atoms with E-state index in [0.29, 0.717) is 28.4 Å². The number of nitrogens with zero attached hydrogens (tertiary/aromatic N) is 3. The zero-order valence-electron chi connectivity index (χ0n) is 17.1. The van der Waals surface area contributed by atoms with Gasteiger partial charge in [-0.05, 0) is 49.5 Å². The van der Waals surface area contributed by atoms with E-state index < -0.39 is 15.7 Å². The molecule has 2 aromatic carbocycles. The molecule has 3 rings (SSSR count). The molecule has 160 valence electrons. The van der Waals surface area contributed by atoms with Gasteiger partial charge < -0.3 is 4.90 Å². The first-order valence-electron chi connectivity index (χ1n) is 9.63. The minimum Gasteiger partial charge on any atom is -0.302 e. The molecule has 0 aliphatic carbocycles. The molecule has 1 heterocycles. The van der Waals surface area contributed by atoms with Crippen LogP contribution >= 0.6 is 11.3 Å². The van der Waals surface area contributed by atoms with Crippen LogP contribution in [0, 0.1) is 5.82 Å². The average Bonchev–Trinajstić information content (AvgIpc) is 3.13. The van der Waals surface area contributed by atoms with Crippen LogP contribution in [-0.4, -0.2) is 56.6 Å². The van der Waals surface area contributed by atoms with Gasteiger partial charge in [0.05, 0.1) is 15.1 Å². The summed E-state index contributed by atoms with van der Waals surface area (Å²) in [6.45, 7) is 6.81. The van der Waals surface area contributed by atoms with Crippen molar-refractivity contribution in [1.82, 2.24) is 9.88 Å². The predicted molar refractivity (Wildman–Crippen MR) is 119 cm³/mol. The number of rotatable bonds is 8. The maximum Gasteiger partial charge on any atom is 0.260 e.